The number of nitrogens with one attached hydrogen (secondary N) is 1. The van der Waals surface area contributed by atoms with E-state index in [1.54, 1.807) is 0 Å². The molecule has 0 bridgehead atoms. The van der Waals surface area contributed by atoms with Crippen molar-refractivity contribution in [1.82, 2.24) is 5.32 Å². The zero-order valence-electron chi connectivity index (χ0n) is 9.66. The van der Waals surface area contributed by atoms with Crippen molar-refractivity contribution in [1.29, 1.82) is 0 Å². The molecule has 1 fully saturated rings. The summed E-state index contributed by atoms with van der Waals surface area (Å²) in [6.07, 6.45) is 0. The lowest BCUT2D eigenvalue weighted by Gasteiger charge is -2.26. The summed E-state index contributed by atoms with van der Waals surface area (Å²) in [5, 5.41) is 3.47. The van der Waals surface area contributed by atoms with Crippen LogP contribution in [0.3, 0.4) is 0 Å². The first-order chi connectivity index (χ1) is 7.27. The average molecular weight is 204 g/mol. The molecule has 1 heterocycles. The van der Waals surface area contributed by atoms with Gasteiger partial charge in [-0.3, -0.25) is 0 Å². The normalized spacial score (nSPS) is 22.5. The van der Waals surface area contributed by atoms with Crippen LogP contribution in [-0.2, 0) is 0 Å². The topological polar surface area (TPSA) is 15.3 Å². The zero-order chi connectivity index (χ0) is 10.7. The van der Waals surface area contributed by atoms with Gasteiger partial charge in [-0.05, 0) is 31.0 Å². The quantitative estimate of drug-likeness (QED) is 0.753. The number of hydrogen-bond donors (Lipinski definition) is 1. The van der Waals surface area contributed by atoms with E-state index in [-0.39, 0.29) is 0 Å². The highest BCUT2D eigenvalue weighted by molar-refractivity contribution is 5.53. The molecule has 0 spiro atoms. The molecule has 0 aromatic heterocycles. The lowest BCUT2D eigenvalue weighted by molar-refractivity contribution is 0.564. The zero-order valence-corrected chi connectivity index (χ0v) is 9.66. The Balaban J connectivity index is 2.18. The van der Waals surface area contributed by atoms with Crippen LogP contribution in [0.4, 0.5) is 5.69 Å². The molecule has 0 aliphatic carbocycles. The molecule has 1 aromatic rings. The highest BCUT2D eigenvalue weighted by atomic mass is 15.2. The standard InChI is InChI=1S/C13H20N2/c1-11-9-14-7-8-15(10-11)13-6-4-3-5-12(13)2/h3-6,11,14H,7-10H2,1-2H3. The number of nitrogens with zero attached hydrogens (tertiary/aromatic N) is 1. The Labute approximate surface area is 92.3 Å². The fourth-order valence-electron chi connectivity index (χ4n) is 2.23. The molecule has 1 N–H and O–H groups in total. The van der Waals surface area contributed by atoms with Gasteiger partial charge in [0.2, 0.25) is 0 Å². The van der Waals surface area contributed by atoms with Gasteiger partial charge in [-0.1, -0.05) is 25.1 Å². The van der Waals surface area contributed by atoms with Crippen molar-refractivity contribution >= 4 is 5.69 Å². The molecule has 82 valence electrons. The van der Waals surface area contributed by atoms with Gasteiger partial charge in [0.05, 0.1) is 0 Å². The van der Waals surface area contributed by atoms with Gasteiger partial charge in [0.25, 0.3) is 0 Å². The molecule has 1 unspecified atom stereocenters. The number of rotatable bonds is 1. The molecule has 1 aromatic carbocycles. The first-order valence-corrected chi connectivity index (χ1v) is 5.78. The third-order valence-electron chi connectivity index (χ3n) is 3.04. The second-order valence-corrected chi connectivity index (χ2v) is 4.54. The Kier molecular flexibility index (Phi) is 3.27. The van der Waals surface area contributed by atoms with Crippen molar-refractivity contribution in [2.24, 2.45) is 5.92 Å². The Morgan fingerprint density at radius 2 is 2.13 bits per heavy atom. The van der Waals surface area contributed by atoms with Gasteiger partial charge in [0, 0.05) is 25.3 Å². The molecule has 1 aliphatic rings. The largest absolute Gasteiger partial charge is 0.370 e. The Morgan fingerprint density at radius 3 is 2.93 bits per heavy atom. The highest BCUT2D eigenvalue weighted by Crippen LogP contribution is 2.20. The smallest absolute Gasteiger partial charge is 0.0396 e. The molecular formula is C13H20N2. The van der Waals surface area contributed by atoms with Crippen LogP contribution in [0, 0.1) is 12.8 Å². The molecular weight excluding hydrogens is 184 g/mol. The maximum absolute atomic E-state index is 3.47. The van der Waals surface area contributed by atoms with Crippen LogP contribution >= 0.6 is 0 Å². The molecule has 0 radical (unpaired) electrons. The van der Waals surface area contributed by atoms with E-state index in [1.807, 2.05) is 0 Å². The van der Waals surface area contributed by atoms with Gasteiger partial charge in [0.1, 0.15) is 0 Å². The molecule has 0 amide bonds. The number of aryl methyl sites for hydroxylation is 1. The van der Waals surface area contributed by atoms with Crippen molar-refractivity contribution in [3.05, 3.63) is 29.8 Å². The second-order valence-electron chi connectivity index (χ2n) is 4.54. The van der Waals surface area contributed by atoms with E-state index in [9.17, 15) is 0 Å². The van der Waals surface area contributed by atoms with E-state index in [1.165, 1.54) is 11.3 Å². The molecule has 0 saturated carbocycles. The molecule has 2 rings (SSSR count). The van der Waals surface area contributed by atoms with Crippen LogP contribution in [0.25, 0.3) is 0 Å². The third-order valence-corrected chi connectivity index (χ3v) is 3.04. The van der Waals surface area contributed by atoms with Crippen LogP contribution in [0.5, 0.6) is 0 Å². The lowest BCUT2D eigenvalue weighted by atomic mass is 10.1. The van der Waals surface area contributed by atoms with E-state index in [0.29, 0.717) is 0 Å². The summed E-state index contributed by atoms with van der Waals surface area (Å²) >= 11 is 0. The van der Waals surface area contributed by atoms with Crippen LogP contribution in [-0.4, -0.2) is 26.2 Å². The van der Waals surface area contributed by atoms with Gasteiger partial charge in [-0.2, -0.15) is 0 Å². The predicted molar refractivity (Wildman–Crippen MR) is 65.4 cm³/mol. The van der Waals surface area contributed by atoms with Crippen LogP contribution < -0.4 is 10.2 Å². The number of benzene rings is 1. The van der Waals surface area contributed by atoms with E-state index < -0.39 is 0 Å². The Morgan fingerprint density at radius 1 is 1.33 bits per heavy atom. The molecule has 15 heavy (non-hydrogen) atoms. The van der Waals surface area contributed by atoms with E-state index in [0.717, 1.165) is 32.1 Å². The van der Waals surface area contributed by atoms with E-state index in [2.05, 4.69) is 48.3 Å². The first kappa shape index (κ1) is 10.5. The Bertz CT molecular complexity index is 322. The van der Waals surface area contributed by atoms with Crippen LogP contribution in [0.2, 0.25) is 0 Å². The molecule has 1 atom stereocenters. The summed E-state index contributed by atoms with van der Waals surface area (Å²) in [5.41, 5.74) is 2.78. The van der Waals surface area contributed by atoms with E-state index in [4.69, 9.17) is 0 Å². The Hall–Kier alpha value is -1.02. The third kappa shape index (κ3) is 2.51. The minimum absolute atomic E-state index is 0.729. The fraction of sp³-hybridized carbons (Fsp3) is 0.538. The average Bonchev–Trinajstić information content (AvgIpc) is 2.43. The van der Waals surface area contributed by atoms with Crippen molar-refractivity contribution in [3.8, 4) is 0 Å². The molecule has 1 aliphatic heterocycles. The monoisotopic (exact) mass is 204 g/mol. The van der Waals surface area contributed by atoms with Crippen LogP contribution in [0.1, 0.15) is 12.5 Å². The summed E-state index contributed by atoms with van der Waals surface area (Å²) < 4.78 is 0. The predicted octanol–water partition coefficient (Wildman–Crippen LogP) is 2.04. The number of para-hydroxylation sites is 1. The summed E-state index contributed by atoms with van der Waals surface area (Å²) in [7, 11) is 0. The SMILES string of the molecule is Cc1ccccc1N1CCNCC(C)C1. The van der Waals surface area contributed by atoms with Crippen molar-refractivity contribution in [2.75, 3.05) is 31.1 Å². The maximum atomic E-state index is 3.47. The summed E-state index contributed by atoms with van der Waals surface area (Å²) in [4.78, 5) is 2.50. The molecule has 1 saturated heterocycles. The van der Waals surface area contributed by atoms with Crippen LogP contribution in [0.15, 0.2) is 24.3 Å². The lowest BCUT2D eigenvalue weighted by Crippen LogP contribution is -2.29. The van der Waals surface area contributed by atoms with Crippen molar-refractivity contribution in [2.45, 2.75) is 13.8 Å². The minimum Gasteiger partial charge on any atom is -0.370 e. The van der Waals surface area contributed by atoms with E-state index >= 15 is 0 Å². The van der Waals surface area contributed by atoms with Crippen molar-refractivity contribution < 1.29 is 0 Å². The van der Waals surface area contributed by atoms with Gasteiger partial charge in [-0.25, -0.2) is 0 Å². The highest BCUT2D eigenvalue weighted by Gasteiger charge is 2.15. The van der Waals surface area contributed by atoms with Crippen molar-refractivity contribution in [3.63, 3.8) is 0 Å². The van der Waals surface area contributed by atoms with Gasteiger partial charge < -0.3 is 10.2 Å². The van der Waals surface area contributed by atoms with Gasteiger partial charge >= 0.3 is 0 Å². The summed E-state index contributed by atoms with van der Waals surface area (Å²) in [6.45, 7) is 9.02. The van der Waals surface area contributed by atoms with Gasteiger partial charge in [0.15, 0.2) is 0 Å². The summed E-state index contributed by atoms with van der Waals surface area (Å²) in [6, 6.07) is 8.66. The second kappa shape index (κ2) is 4.67. The fourth-order valence-corrected chi connectivity index (χ4v) is 2.23. The molecule has 2 nitrogen and oxygen atoms in total. The number of anilines is 1. The van der Waals surface area contributed by atoms with Gasteiger partial charge in [-0.15, -0.1) is 0 Å². The first-order valence-electron chi connectivity index (χ1n) is 5.78. The minimum atomic E-state index is 0.729. The molecule has 2 heteroatoms. The maximum Gasteiger partial charge on any atom is 0.0396 e. The summed E-state index contributed by atoms with van der Waals surface area (Å²) in [5.74, 6) is 0.729. The number of hydrogen-bond acceptors (Lipinski definition) is 2.